The van der Waals surface area contributed by atoms with Crippen LogP contribution in [0.4, 0.5) is 17.1 Å². The molecule has 0 aromatic heterocycles. The average Bonchev–Trinajstić information content (AvgIpc) is 2.78. The van der Waals surface area contributed by atoms with Crippen LogP contribution in [0.3, 0.4) is 0 Å². The molecule has 0 saturated carbocycles. The molecule has 0 saturated heterocycles. The number of carbonyl (C=O) groups is 1. The van der Waals surface area contributed by atoms with Crippen molar-refractivity contribution in [3.63, 3.8) is 0 Å². The van der Waals surface area contributed by atoms with Crippen molar-refractivity contribution in [2.24, 2.45) is 0 Å². The van der Waals surface area contributed by atoms with Gasteiger partial charge in [0.2, 0.25) is 0 Å². The third kappa shape index (κ3) is 4.73. The lowest BCUT2D eigenvalue weighted by Crippen LogP contribution is -2.37. The number of hydrogen-bond donors (Lipinski definition) is 6. The van der Waals surface area contributed by atoms with Gasteiger partial charge in [0.25, 0.3) is 16.8 Å². The lowest BCUT2D eigenvalue weighted by molar-refractivity contribution is -0.0361. The van der Waals surface area contributed by atoms with E-state index in [2.05, 4.69) is 16.0 Å². The van der Waals surface area contributed by atoms with E-state index in [1.165, 1.54) is 18.2 Å². The molecule has 0 fully saturated rings. The van der Waals surface area contributed by atoms with E-state index in [9.17, 15) is 19.5 Å². The van der Waals surface area contributed by atoms with E-state index in [4.69, 9.17) is 10.2 Å². The van der Waals surface area contributed by atoms with E-state index in [-0.39, 0.29) is 28.7 Å². The minimum Gasteiger partial charge on any atom is -0.505 e. The average molecular weight is 425 g/mol. The molecule has 162 valence electrons. The molecule has 0 radical (unpaired) electrons. The highest BCUT2D eigenvalue weighted by Gasteiger charge is 2.25. The van der Waals surface area contributed by atoms with E-state index < -0.39 is 35.3 Å². The van der Waals surface area contributed by atoms with Crippen LogP contribution in [0.5, 0.6) is 5.75 Å². The number of aliphatic hydroxyl groups excluding tert-OH is 1. The van der Waals surface area contributed by atoms with Gasteiger partial charge in [0.15, 0.2) is 12.0 Å². The van der Waals surface area contributed by atoms with Gasteiger partial charge in [0.1, 0.15) is 11.4 Å². The topological polar surface area (TPSA) is 148 Å². The van der Waals surface area contributed by atoms with Crippen molar-refractivity contribution in [1.29, 1.82) is 0 Å². The van der Waals surface area contributed by atoms with Crippen LogP contribution in [0.25, 0.3) is 0 Å². The molecule has 3 rings (SSSR count). The minimum atomic E-state index is -1.74. The number of benzene rings is 2. The molecule has 1 amide bonds. The second-order valence-corrected chi connectivity index (χ2v) is 6.94. The Balaban J connectivity index is 1.84. The summed E-state index contributed by atoms with van der Waals surface area (Å²) in [6, 6.07) is 13.5. The fourth-order valence-corrected chi connectivity index (χ4v) is 3.17. The van der Waals surface area contributed by atoms with Crippen molar-refractivity contribution in [3.05, 3.63) is 80.1 Å². The maximum atomic E-state index is 12.2. The van der Waals surface area contributed by atoms with Crippen LogP contribution >= 0.6 is 0 Å². The fraction of sp³-hybridized carbons (Fsp3) is 0.227. The molecule has 0 spiro atoms. The standard InChI is InChI=1S/C22H23N3O6/c1-2-14(12-7-4-3-5-8-12)24-17-18(21(30)20(17)29)25-15-10-6-9-13(19(15)28)22(31)23-11-16(26)27/h3-10,14,16,24-28H,2,11H2,1H3,(H,23,31)/t14-/m1/s1. The Hall–Kier alpha value is -3.69. The van der Waals surface area contributed by atoms with Crippen LogP contribution in [0, 0.1) is 0 Å². The predicted octanol–water partition coefficient (Wildman–Crippen LogP) is 1.34. The summed E-state index contributed by atoms with van der Waals surface area (Å²) in [4.78, 5) is 36.5. The van der Waals surface area contributed by atoms with Gasteiger partial charge < -0.3 is 31.3 Å². The first-order valence-electron chi connectivity index (χ1n) is 9.71. The first-order chi connectivity index (χ1) is 14.8. The van der Waals surface area contributed by atoms with E-state index in [0.717, 1.165) is 5.56 Å². The summed E-state index contributed by atoms with van der Waals surface area (Å²) in [5.41, 5.74) is -0.409. The molecule has 0 aliphatic carbocycles. The second kappa shape index (κ2) is 9.41. The number of phenols is 1. The number of aliphatic hydroxyl groups is 2. The van der Waals surface area contributed by atoms with Crippen molar-refractivity contribution in [1.82, 2.24) is 5.32 Å². The molecule has 3 aromatic rings. The highest BCUT2D eigenvalue weighted by atomic mass is 16.5. The monoisotopic (exact) mass is 425 g/mol. The largest absolute Gasteiger partial charge is 0.505 e. The van der Waals surface area contributed by atoms with Gasteiger partial charge in [0, 0.05) is 0 Å². The van der Waals surface area contributed by atoms with Crippen molar-refractivity contribution in [2.75, 3.05) is 17.2 Å². The highest BCUT2D eigenvalue weighted by Crippen LogP contribution is 2.32. The molecule has 0 aliphatic rings. The van der Waals surface area contributed by atoms with Gasteiger partial charge in [0.05, 0.1) is 23.8 Å². The summed E-state index contributed by atoms with van der Waals surface area (Å²) in [6.45, 7) is 1.53. The number of carbonyl (C=O) groups excluding carboxylic acids is 1. The summed E-state index contributed by atoms with van der Waals surface area (Å²) in [6.07, 6.45) is -1.07. The normalized spacial score (nSPS) is 12.0. The number of rotatable bonds is 9. The van der Waals surface area contributed by atoms with Crippen LogP contribution in [0.1, 0.15) is 35.3 Å². The SMILES string of the molecule is CC[C@@H](Nc1c(Nc2cccc(C(=O)NCC(O)O)c2O)c(=O)c1=O)c1ccccc1. The summed E-state index contributed by atoms with van der Waals surface area (Å²) in [5, 5.41) is 36.3. The fourth-order valence-electron chi connectivity index (χ4n) is 3.17. The predicted molar refractivity (Wildman–Crippen MR) is 116 cm³/mol. The van der Waals surface area contributed by atoms with Crippen LogP contribution in [0.2, 0.25) is 0 Å². The Bertz CT molecular complexity index is 1140. The quantitative estimate of drug-likeness (QED) is 0.171. The summed E-state index contributed by atoms with van der Waals surface area (Å²) >= 11 is 0. The number of anilines is 3. The summed E-state index contributed by atoms with van der Waals surface area (Å²) < 4.78 is 0. The second-order valence-electron chi connectivity index (χ2n) is 6.94. The Morgan fingerprint density at radius 3 is 2.29 bits per heavy atom. The molecular weight excluding hydrogens is 402 g/mol. The van der Waals surface area contributed by atoms with Crippen molar-refractivity contribution < 1.29 is 20.1 Å². The molecule has 3 aromatic carbocycles. The molecule has 31 heavy (non-hydrogen) atoms. The van der Waals surface area contributed by atoms with Crippen LogP contribution < -0.4 is 26.8 Å². The van der Waals surface area contributed by atoms with E-state index in [0.29, 0.717) is 6.42 Å². The Kier molecular flexibility index (Phi) is 6.68. The number of amides is 1. The Morgan fingerprint density at radius 2 is 1.65 bits per heavy atom. The molecule has 0 aliphatic heterocycles. The third-order valence-electron chi connectivity index (χ3n) is 4.82. The highest BCUT2D eigenvalue weighted by molar-refractivity contribution is 5.99. The zero-order chi connectivity index (χ0) is 22.5. The summed E-state index contributed by atoms with van der Waals surface area (Å²) in [5.74, 6) is -1.17. The zero-order valence-corrected chi connectivity index (χ0v) is 16.8. The molecule has 0 heterocycles. The molecule has 0 unspecified atom stereocenters. The molecule has 0 bridgehead atoms. The zero-order valence-electron chi connectivity index (χ0n) is 16.8. The van der Waals surface area contributed by atoms with Crippen LogP contribution in [-0.2, 0) is 0 Å². The maximum absolute atomic E-state index is 12.2. The van der Waals surface area contributed by atoms with Gasteiger partial charge in [-0.25, -0.2) is 0 Å². The van der Waals surface area contributed by atoms with Crippen molar-refractivity contribution >= 4 is 23.0 Å². The lowest BCUT2D eigenvalue weighted by Gasteiger charge is -2.22. The van der Waals surface area contributed by atoms with Gasteiger partial charge in [-0.2, -0.15) is 0 Å². The first kappa shape index (κ1) is 22.0. The van der Waals surface area contributed by atoms with Gasteiger partial charge in [-0.1, -0.05) is 43.3 Å². The smallest absolute Gasteiger partial charge is 0.255 e. The number of nitrogens with one attached hydrogen (secondary N) is 3. The number of hydrogen-bond acceptors (Lipinski definition) is 8. The number of para-hydroxylation sites is 1. The van der Waals surface area contributed by atoms with Crippen molar-refractivity contribution in [2.45, 2.75) is 25.7 Å². The Labute approximate surface area is 177 Å². The van der Waals surface area contributed by atoms with Crippen LogP contribution in [-0.4, -0.2) is 34.1 Å². The van der Waals surface area contributed by atoms with Crippen LogP contribution in [0.15, 0.2) is 58.1 Å². The molecule has 1 atom stereocenters. The van der Waals surface area contributed by atoms with Gasteiger partial charge in [-0.05, 0) is 24.1 Å². The number of phenolic OH excluding ortho intramolecular Hbond substituents is 1. The van der Waals surface area contributed by atoms with E-state index in [1.54, 1.807) is 0 Å². The molecule has 6 N–H and O–H groups in total. The van der Waals surface area contributed by atoms with Gasteiger partial charge in [-0.3, -0.25) is 14.4 Å². The molecule has 9 heteroatoms. The van der Waals surface area contributed by atoms with Crippen molar-refractivity contribution in [3.8, 4) is 5.75 Å². The molecular formula is C22H23N3O6. The Morgan fingerprint density at radius 1 is 0.968 bits per heavy atom. The minimum absolute atomic E-state index is 0.00183. The lowest BCUT2D eigenvalue weighted by atomic mass is 10.0. The van der Waals surface area contributed by atoms with E-state index in [1.807, 2.05) is 37.3 Å². The first-order valence-corrected chi connectivity index (χ1v) is 9.71. The van der Waals surface area contributed by atoms with Gasteiger partial charge >= 0.3 is 0 Å². The maximum Gasteiger partial charge on any atom is 0.255 e. The summed E-state index contributed by atoms with van der Waals surface area (Å²) in [7, 11) is 0. The third-order valence-corrected chi connectivity index (χ3v) is 4.82. The van der Waals surface area contributed by atoms with Gasteiger partial charge in [-0.15, -0.1) is 0 Å². The molecule has 9 nitrogen and oxygen atoms in total. The van der Waals surface area contributed by atoms with E-state index >= 15 is 0 Å². The number of aromatic hydroxyl groups is 1.